The number of thioether (sulfide) groups is 1. The van der Waals surface area contributed by atoms with Crippen LogP contribution in [0.25, 0.3) is 0 Å². The van der Waals surface area contributed by atoms with Crippen LogP contribution in [0.15, 0.2) is 83.8 Å². The second kappa shape index (κ2) is 11.5. The molecule has 0 amide bonds. The van der Waals surface area contributed by atoms with Gasteiger partial charge in [-0.15, -0.1) is 11.8 Å². The van der Waals surface area contributed by atoms with E-state index in [1.807, 2.05) is 42.5 Å². The Bertz CT molecular complexity index is 1150. The molecule has 0 aliphatic carbocycles. The Hall–Kier alpha value is -2.84. The highest BCUT2D eigenvalue weighted by Gasteiger charge is 2.75. The van der Waals surface area contributed by atoms with E-state index in [0.29, 0.717) is 13.2 Å². The Kier molecular flexibility index (Phi) is 8.09. The van der Waals surface area contributed by atoms with Gasteiger partial charge in [0.1, 0.15) is 22.5 Å². The maximum atomic E-state index is 12.9. The van der Waals surface area contributed by atoms with Gasteiger partial charge in [-0.25, -0.2) is 4.90 Å². The zero-order valence-electron chi connectivity index (χ0n) is 22.2. The zero-order valence-corrected chi connectivity index (χ0v) is 23.0. The summed E-state index contributed by atoms with van der Waals surface area (Å²) in [5.41, 5.74) is 2.32. The average Bonchev–Trinajstić information content (AvgIpc) is 3.48. The molecule has 3 aromatic rings. The summed E-state index contributed by atoms with van der Waals surface area (Å²) in [6.07, 6.45) is 3.27. The highest BCUT2D eigenvalue weighted by Crippen LogP contribution is 2.61. The molecule has 2 aliphatic heterocycles. The summed E-state index contributed by atoms with van der Waals surface area (Å²) in [4.78, 5) is 16.2. The quantitative estimate of drug-likeness (QED) is 0.307. The van der Waals surface area contributed by atoms with Gasteiger partial charge in [-0.3, -0.25) is 0 Å². The van der Waals surface area contributed by atoms with E-state index < -0.39 is 10.7 Å². The lowest BCUT2D eigenvalue weighted by molar-refractivity contribution is -0.362. The van der Waals surface area contributed by atoms with Gasteiger partial charge in [-0.1, -0.05) is 49.4 Å². The summed E-state index contributed by atoms with van der Waals surface area (Å²) >= 11 is 1.69. The van der Waals surface area contributed by atoms with Crippen LogP contribution in [-0.4, -0.2) is 61.4 Å². The van der Waals surface area contributed by atoms with Gasteiger partial charge in [0.15, 0.2) is 0 Å². The van der Waals surface area contributed by atoms with Crippen molar-refractivity contribution < 1.29 is 23.7 Å². The molecule has 2 saturated heterocycles. The largest absolute Gasteiger partial charge is 0.497 e. The number of aldehydes is 1. The summed E-state index contributed by atoms with van der Waals surface area (Å²) in [6.45, 7) is 3.12. The van der Waals surface area contributed by atoms with Gasteiger partial charge in [-0.2, -0.15) is 0 Å². The number of carbonyl (C=O) groups is 1. The van der Waals surface area contributed by atoms with Gasteiger partial charge in [-0.05, 0) is 66.8 Å². The van der Waals surface area contributed by atoms with E-state index in [-0.39, 0.29) is 12.1 Å². The number of benzene rings is 3. The number of hydrogen-bond donors (Lipinski definition) is 0. The molecule has 7 heteroatoms. The molecule has 200 valence electrons. The second-order valence-electron chi connectivity index (χ2n) is 9.68. The summed E-state index contributed by atoms with van der Waals surface area (Å²) in [5, 5.41) is 0. The predicted octanol–water partition coefficient (Wildman–Crippen LogP) is 5.38. The van der Waals surface area contributed by atoms with Crippen LogP contribution in [0.5, 0.6) is 11.5 Å². The molecule has 2 aliphatic rings. The van der Waals surface area contributed by atoms with Crippen molar-refractivity contribution in [2.24, 2.45) is 0 Å². The van der Waals surface area contributed by atoms with Crippen molar-refractivity contribution in [3.63, 3.8) is 0 Å². The molecule has 2 heterocycles. The van der Waals surface area contributed by atoms with E-state index in [9.17, 15) is 4.79 Å². The first kappa shape index (κ1) is 26.8. The van der Waals surface area contributed by atoms with E-state index in [4.69, 9.17) is 18.9 Å². The van der Waals surface area contributed by atoms with E-state index >= 15 is 0 Å². The van der Waals surface area contributed by atoms with Gasteiger partial charge >= 0.3 is 0 Å². The number of likely N-dealkylation sites (tertiary alicyclic amines) is 1. The Morgan fingerprint density at radius 2 is 1.42 bits per heavy atom. The molecule has 2 atom stereocenters. The Labute approximate surface area is 229 Å². The van der Waals surface area contributed by atoms with Crippen molar-refractivity contribution >= 4 is 18.0 Å². The molecule has 38 heavy (non-hydrogen) atoms. The van der Waals surface area contributed by atoms with Crippen molar-refractivity contribution in [3.05, 3.63) is 90.0 Å². The monoisotopic (exact) mass is 533 g/mol. The van der Waals surface area contributed by atoms with Gasteiger partial charge in [0.25, 0.3) is 0 Å². The minimum atomic E-state index is -0.989. The van der Waals surface area contributed by atoms with Crippen molar-refractivity contribution in [2.75, 3.05) is 27.4 Å². The standard InChI is InChI=1S/C31H35NO5S/c1-4-30(38-28-8-6-5-7-9-28)29(22-33)32(31(30)36-18-19-37-31)25(20-23-10-14-26(34-2)15-11-23)21-24-12-16-27(35-3)17-13-24/h5-17,22,25,29H,4,18-21H2,1-3H3. The maximum absolute atomic E-state index is 12.9. The molecule has 2 fully saturated rings. The lowest BCUT2D eigenvalue weighted by Crippen LogP contribution is -2.86. The lowest BCUT2D eigenvalue weighted by Gasteiger charge is -2.67. The van der Waals surface area contributed by atoms with Crippen LogP contribution in [0.2, 0.25) is 0 Å². The fraction of sp³-hybridized carbons (Fsp3) is 0.387. The van der Waals surface area contributed by atoms with Crippen molar-refractivity contribution in [1.82, 2.24) is 4.90 Å². The van der Waals surface area contributed by atoms with Crippen LogP contribution in [0.3, 0.4) is 0 Å². The van der Waals surface area contributed by atoms with E-state index in [1.165, 1.54) is 0 Å². The molecule has 3 aromatic carbocycles. The predicted molar refractivity (Wildman–Crippen MR) is 149 cm³/mol. The van der Waals surface area contributed by atoms with Gasteiger partial charge < -0.3 is 23.7 Å². The van der Waals surface area contributed by atoms with E-state index in [2.05, 4.69) is 48.2 Å². The summed E-state index contributed by atoms with van der Waals surface area (Å²) in [7, 11) is 3.34. The first-order valence-corrected chi connectivity index (χ1v) is 13.9. The number of methoxy groups -OCH3 is 2. The van der Waals surface area contributed by atoms with Gasteiger partial charge in [0.2, 0.25) is 5.91 Å². The average molecular weight is 534 g/mol. The number of carbonyl (C=O) groups excluding carboxylic acids is 1. The smallest absolute Gasteiger partial charge is 0.248 e. The topological polar surface area (TPSA) is 57.2 Å². The molecule has 0 N–H and O–H groups in total. The summed E-state index contributed by atoms with van der Waals surface area (Å²) in [5.74, 6) is 0.647. The molecule has 5 rings (SSSR count). The molecule has 0 saturated carbocycles. The third-order valence-corrected chi connectivity index (χ3v) is 9.34. The molecular weight excluding hydrogens is 498 g/mol. The lowest BCUT2D eigenvalue weighted by atomic mass is 9.77. The molecule has 0 bridgehead atoms. The fourth-order valence-electron chi connectivity index (χ4n) is 5.85. The third-order valence-electron chi connectivity index (χ3n) is 7.68. The number of ether oxygens (including phenoxy) is 4. The molecule has 0 radical (unpaired) electrons. The zero-order chi connectivity index (χ0) is 26.6. The number of rotatable bonds is 11. The SMILES string of the molecule is CCC1(Sc2ccccc2)C(C=O)N(C(Cc2ccc(OC)cc2)Cc2ccc(OC)cc2)C12OCCO2. The fourth-order valence-corrected chi connectivity index (χ4v) is 7.35. The molecule has 2 unspecified atom stereocenters. The highest BCUT2D eigenvalue weighted by atomic mass is 32.2. The van der Waals surface area contributed by atoms with Crippen LogP contribution in [-0.2, 0) is 27.1 Å². The Morgan fingerprint density at radius 3 is 1.87 bits per heavy atom. The molecular formula is C31H35NO5S. The van der Waals surface area contributed by atoms with E-state index in [1.54, 1.807) is 26.0 Å². The minimum absolute atomic E-state index is 0.0406. The van der Waals surface area contributed by atoms with E-state index in [0.717, 1.165) is 53.1 Å². The normalized spacial score (nSPS) is 22.4. The molecule has 0 aromatic heterocycles. The first-order chi connectivity index (χ1) is 18.6. The number of hydrogen-bond acceptors (Lipinski definition) is 7. The van der Waals surface area contributed by atoms with Crippen LogP contribution >= 0.6 is 11.8 Å². The molecule has 1 spiro atoms. The first-order valence-electron chi connectivity index (χ1n) is 13.1. The number of nitrogens with zero attached hydrogens (tertiary/aromatic N) is 1. The van der Waals surface area contributed by atoms with Crippen molar-refractivity contribution in [2.45, 2.75) is 53.8 Å². The van der Waals surface area contributed by atoms with Gasteiger partial charge in [0, 0.05) is 10.9 Å². The van der Waals surface area contributed by atoms with Crippen LogP contribution in [0.1, 0.15) is 24.5 Å². The minimum Gasteiger partial charge on any atom is -0.497 e. The second-order valence-corrected chi connectivity index (χ2v) is 11.1. The Balaban J connectivity index is 1.53. The summed E-state index contributed by atoms with van der Waals surface area (Å²) in [6, 6.07) is 26.1. The van der Waals surface area contributed by atoms with Gasteiger partial charge in [0.05, 0.1) is 33.5 Å². The van der Waals surface area contributed by atoms with Crippen molar-refractivity contribution in [3.8, 4) is 11.5 Å². The Morgan fingerprint density at radius 1 is 0.895 bits per heavy atom. The van der Waals surface area contributed by atoms with Crippen LogP contribution < -0.4 is 9.47 Å². The third kappa shape index (κ3) is 4.73. The van der Waals surface area contributed by atoms with Crippen molar-refractivity contribution in [1.29, 1.82) is 0 Å². The molecule has 6 nitrogen and oxygen atoms in total. The maximum Gasteiger partial charge on any atom is 0.248 e. The highest BCUT2D eigenvalue weighted by molar-refractivity contribution is 8.01. The van der Waals surface area contributed by atoms with Crippen LogP contribution in [0.4, 0.5) is 0 Å². The summed E-state index contributed by atoms with van der Waals surface area (Å²) < 4.78 is 23.2. The van der Waals surface area contributed by atoms with Crippen LogP contribution in [0, 0.1) is 0 Å².